The van der Waals surface area contributed by atoms with Gasteiger partial charge in [0.1, 0.15) is 24.3 Å². The molecule has 4 heteroatoms. The Morgan fingerprint density at radius 3 is 2.77 bits per heavy atom. The molecule has 3 rings (SSSR count). The summed E-state index contributed by atoms with van der Waals surface area (Å²) < 4.78 is 11.1. The zero-order valence-corrected chi connectivity index (χ0v) is 12.1. The summed E-state index contributed by atoms with van der Waals surface area (Å²) in [5.74, 6) is 1.21. The number of benzene rings is 2. The Hall–Kier alpha value is -3.06. The summed E-state index contributed by atoms with van der Waals surface area (Å²) in [7, 11) is 0. The fourth-order valence-corrected chi connectivity index (χ4v) is 2.01. The van der Waals surface area contributed by atoms with Crippen LogP contribution in [0.5, 0.6) is 5.75 Å². The highest BCUT2D eigenvalue weighted by Gasteiger charge is 2.07. The molecular weight excluding hydrogens is 276 g/mol. The smallest absolute Gasteiger partial charge is 0.226 e. The van der Waals surface area contributed by atoms with Crippen molar-refractivity contribution in [1.29, 1.82) is 5.26 Å². The van der Waals surface area contributed by atoms with Crippen LogP contribution in [0.2, 0.25) is 0 Å². The molecule has 0 bridgehead atoms. The molecule has 0 unspecified atom stereocenters. The number of hydrogen-bond donors (Lipinski definition) is 0. The Morgan fingerprint density at radius 1 is 1.18 bits per heavy atom. The van der Waals surface area contributed by atoms with Crippen LogP contribution in [0.25, 0.3) is 11.5 Å². The Morgan fingerprint density at radius 2 is 2.00 bits per heavy atom. The lowest BCUT2D eigenvalue weighted by atomic mass is 10.1. The molecule has 4 nitrogen and oxygen atoms in total. The molecule has 0 amide bonds. The molecule has 0 radical (unpaired) electrons. The van der Waals surface area contributed by atoms with E-state index in [1.807, 2.05) is 37.3 Å². The van der Waals surface area contributed by atoms with Crippen LogP contribution in [-0.2, 0) is 6.61 Å². The molecule has 108 valence electrons. The molecule has 0 aliphatic heterocycles. The number of rotatable bonds is 4. The summed E-state index contributed by atoms with van der Waals surface area (Å²) in [6.07, 6.45) is 1.59. The highest BCUT2D eigenvalue weighted by atomic mass is 16.5. The van der Waals surface area contributed by atoms with Crippen molar-refractivity contribution in [3.63, 3.8) is 0 Å². The van der Waals surface area contributed by atoms with E-state index in [-0.39, 0.29) is 0 Å². The second-order valence-electron chi connectivity index (χ2n) is 4.94. The van der Waals surface area contributed by atoms with Crippen molar-refractivity contribution >= 4 is 0 Å². The van der Waals surface area contributed by atoms with E-state index in [1.165, 1.54) is 5.56 Å². The fourth-order valence-electron chi connectivity index (χ4n) is 2.01. The van der Waals surface area contributed by atoms with Gasteiger partial charge in [-0.15, -0.1) is 0 Å². The SMILES string of the molecule is Cc1ccc(-c2nc(COc3cccc(C#N)c3)co2)cc1. The number of ether oxygens (including phenoxy) is 1. The monoisotopic (exact) mass is 290 g/mol. The predicted octanol–water partition coefficient (Wildman–Crippen LogP) is 4.10. The van der Waals surface area contributed by atoms with Crippen LogP contribution in [0.15, 0.2) is 59.2 Å². The fraction of sp³-hybridized carbons (Fsp3) is 0.111. The number of nitrogens with zero attached hydrogens (tertiary/aromatic N) is 2. The molecule has 0 fully saturated rings. The van der Waals surface area contributed by atoms with Gasteiger partial charge in [0.05, 0.1) is 11.6 Å². The van der Waals surface area contributed by atoms with Crippen LogP contribution in [0.3, 0.4) is 0 Å². The third kappa shape index (κ3) is 3.15. The summed E-state index contributed by atoms with van der Waals surface area (Å²) in [6, 6.07) is 17.1. The van der Waals surface area contributed by atoms with Crippen LogP contribution < -0.4 is 4.74 Å². The number of aromatic nitrogens is 1. The second-order valence-corrected chi connectivity index (χ2v) is 4.94. The first-order valence-electron chi connectivity index (χ1n) is 6.89. The lowest BCUT2D eigenvalue weighted by molar-refractivity contribution is 0.301. The number of aryl methyl sites for hydroxylation is 1. The van der Waals surface area contributed by atoms with E-state index in [1.54, 1.807) is 24.5 Å². The van der Waals surface area contributed by atoms with Crippen molar-refractivity contribution in [3.05, 3.63) is 71.6 Å². The first-order valence-corrected chi connectivity index (χ1v) is 6.89. The van der Waals surface area contributed by atoms with E-state index in [0.29, 0.717) is 29.5 Å². The van der Waals surface area contributed by atoms with Gasteiger partial charge >= 0.3 is 0 Å². The summed E-state index contributed by atoms with van der Waals surface area (Å²) in [6.45, 7) is 2.33. The average Bonchev–Trinajstić information content (AvgIpc) is 3.03. The molecular formula is C18H14N2O2. The largest absolute Gasteiger partial charge is 0.487 e. The molecule has 1 aromatic heterocycles. The van der Waals surface area contributed by atoms with Crippen molar-refractivity contribution in [3.8, 4) is 23.3 Å². The van der Waals surface area contributed by atoms with Crippen molar-refractivity contribution in [2.75, 3.05) is 0 Å². The maximum absolute atomic E-state index is 8.86. The molecule has 0 N–H and O–H groups in total. The Balaban J connectivity index is 1.69. The van der Waals surface area contributed by atoms with Gasteiger partial charge in [0.15, 0.2) is 0 Å². The standard InChI is InChI=1S/C18H14N2O2/c1-13-5-7-15(8-6-13)18-20-16(12-22-18)11-21-17-4-2-3-14(9-17)10-19/h2-9,12H,11H2,1H3. The van der Waals surface area contributed by atoms with Crippen LogP contribution >= 0.6 is 0 Å². The van der Waals surface area contributed by atoms with E-state index in [4.69, 9.17) is 14.4 Å². The zero-order chi connectivity index (χ0) is 15.4. The van der Waals surface area contributed by atoms with Gasteiger partial charge in [0.25, 0.3) is 0 Å². The maximum atomic E-state index is 8.86. The van der Waals surface area contributed by atoms with Gasteiger partial charge in [-0.2, -0.15) is 5.26 Å². The number of hydrogen-bond acceptors (Lipinski definition) is 4. The average molecular weight is 290 g/mol. The van der Waals surface area contributed by atoms with E-state index in [2.05, 4.69) is 11.1 Å². The molecule has 0 aliphatic rings. The van der Waals surface area contributed by atoms with Gasteiger partial charge in [-0.25, -0.2) is 4.98 Å². The third-order valence-corrected chi connectivity index (χ3v) is 3.20. The topological polar surface area (TPSA) is 59.0 Å². The van der Waals surface area contributed by atoms with Crippen LogP contribution in [0.1, 0.15) is 16.8 Å². The second kappa shape index (κ2) is 6.15. The molecule has 3 aromatic rings. The minimum atomic E-state index is 0.296. The molecule has 0 aliphatic carbocycles. The van der Waals surface area contributed by atoms with E-state index < -0.39 is 0 Å². The number of nitriles is 1. The van der Waals surface area contributed by atoms with Crippen molar-refractivity contribution < 1.29 is 9.15 Å². The molecule has 0 saturated heterocycles. The van der Waals surface area contributed by atoms with Gasteiger partial charge in [-0.1, -0.05) is 23.8 Å². The van der Waals surface area contributed by atoms with Crippen molar-refractivity contribution in [2.24, 2.45) is 0 Å². The first kappa shape index (κ1) is 13.9. The molecule has 1 heterocycles. The Labute approximate surface area is 128 Å². The summed E-state index contributed by atoms with van der Waals surface area (Å²) in [4.78, 5) is 4.41. The normalized spacial score (nSPS) is 10.2. The highest BCUT2D eigenvalue weighted by Crippen LogP contribution is 2.20. The zero-order valence-electron chi connectivity index (χ0n) is 12.1. The summed E-state index contributed by atoms with van der Waals surface area (Å²) >= 11 is 0. The third-order valence-electron chi connectivity index (χ3n) is 3.20. The maximum Gasteiger partial charge on any atom is 0.226 e. The van der Waals surface area contributed by atoms with Crippen molar-refractivity contribution in [2.45, 2.75) is 13.5 Å². The molecule has 0 atom stereocenters. The predicted molar refractivity (Wildman–Crippen MR) is 82.2 cm³/mol. The molecule has 2 aromatic carbocycles. The van der Waals surface area contributed by atoms with Crippen molar-refractivity contribution in [1.82, 2.24) is 4.98 Å². The minimum absolute atomic E-state index is 0.296. The van der Waals surface area contributed by atoms with E-state index >= 15 is 0 Å². The van der Waals surface area contributed by atoms with Crippen LogP contribution in [0.4, 0.5) is 0 Å². The summed E-state index contributed by atoms with van der Waals surface area (Å²) in [5.41, 5.74) is 3.40. The van der Waals surface area contributed by atoms with Gasteiger partial charge in [0.2, 0.25) is 5.89 Å². The lowest BCUT2D eigenvalue weighted by Crippen LogP contribution is -1.96. The van der Waals surface area contributed by atoms with Gasteiger partial charge in [-0.3, -0.25) is 0 Å². The van der Waals surface area contributed by atoms with Gasteiger partial charge < -0.3 is 9.15 Å². The lowest BCUT2D eigenvalue weighted by Gasteiger charge is -2.03. The van der Waals surface area contributed by atoms with E-state index in [0.717, 1.165) is 5.56 Å². The highest BCUT2D eigenvalue weighted by molar-refractivity contribution is 5.53. The van der Waals surface area contributed by atoms with Crippen LogP contribution in [0, 0.1) is 18.3 Å². The van der Waals surface area contributed by atoms with Gasteiger partial charge in [-0.05, 0) is 37.3 Å². The minimum Gasteiger partial charge on any atom is -0.487 e. The number of oxazole rings is 1. The molecule has 0 spiro atoms. The molecule has 22 heavy (non-hydrogen) atoms. The van der Waals surface area contributed by atoms with Crippen LogP contribution in [-0.4, -0.2) is 4.98 Å². The Bertz CT molecular complexity index is 814. The van der Waals surface area contributed by atoms with E-state index in [9.17, 15) is 0 Å². The quantitative estimate of drug-likeness (QED) is 0.725. The van der Waals surface area contributed by atoms with Gasteiger partial charge in [0, 0.05) is 5.56 Å². The Kier molecular flexibility index (Phi) is 3.88. The summed E-state index contributed by atoms with van der Waals surface area (Å²) in [5, 5.41) is 8.86. The molecule has 0 saturated carbocycles. The first-order chi connectivity index (χ1) is 10.7.